The Morgan fingerprint density at radius 1 is 1.50 bits per heavy atom. The maximum Gasteiger partial charge on any atom is 0.269 e. The van der Waals surface area contributed by atoms with Crippen LogP contribution in [-0.2, 0) is 0 Å². The number of hydrogen-bond acceptors (Lipinski definition) is 4. The summed E-state index contributed by atoms with van der Waals surface area (Å²) in [4.78, 5) is 12.0. The number of aryl methyl sites for hydroxylation is 1. The van der Waals surface area contributed by atoms with Crippen molar-refractivity contribution in [2.75, 3.05) is 6.61 Å². The zero-order chi connectivity index (χ0) is 16.1. The molecule has 1 aromatic heterocycles. The number of ether oxygens (including phenoxy) is 1. The fourth-order valence-corrected chi connectivity index (χ4v) is 2.47. The Hall–Kier alpha value is -1.86. The van der Waals surface area contributed by atoms with Crippen LogP contribution in [-0.4, -0.2) is 22.7 Å². The first-order chi connectivity index (χ1) is 10.6. The second kappa shape index (κ2) is 7.42. The van der Waals surface area contributed by atoms with Gasteiger partial charge in [-0.05, 0) is 31.5 Å². The fraction of sp³-hybridized carbons (Fsp3) is 0.333. The van der Waals surface area contributed by atoms with Gasteiger partial charge in [0, 0.05) is 15.7 Å². The zero-order valence-electron chi connectivity index (χ0n) is 12.6. The first-order valence-electron chi connectivity index (χ1n) is 7.07. The van der Waals surface area contributed by atoms with Crippen LogP contribution in [0.3, 0.4) is 0 Å². The molecule has 0 aliphatic carbocycles. The molecule has 1 heterocycles. The van der Waals surface area contributed by atoms with Gasteiger partial charge < -0.3 is 4.74 Å². The molecule has 0 fully saturated rings. The van der Waals surface area contributed by atoms with Gasteiger partial charge in [0.15, 0.2) is 0 Å². The highest BCUT2D eigenvalue weighted by molar-refractivity contribution is 9.10. The summed E-state index contributed by atoms with van der Waals surface area (Å²) in [5, 5.41) is 7.07. The summed E-state index contributed by atoms with van der Waals surface area (Å²) in [5.41, 5.74) is 4.49. The molecule has 0 spiro atoms. The number of carbonyl (C=O) groups excluding carboxylic acids is 1. The lowest BCUT2D eigenvalue weighted by Crippen LogP contribution is -2.30. The van der Waals surface area contributed by atoms with E-state index in [2.05, 4.69) is 38.5 Å². The highest BCUT2D eigenvalue weighted by Gasteiger charge is 2.21. The Balaban J connectivity index is 2.47. The third-order valence-corrected chi connectivity index (χ3v) is 3.75. The van der Waals surface area contributed by atoms with Crippen LogP contribution in [0.5, 0.6) is 5.75 Å². The molecule has 0 radical (unpaired) electrons. The molecule has 6 nitrogen and oxygen atoms in total. The van der Waals surface area contributed by atoms with Gasteiger partial charge in [0.2, 0.25) is 0 Å². The van der Waals surface area contributed by atoms with Crippen LogP contribution in [0.4, 0.5) is 0 Å². The van der Waals surface area contributed by atoms with E-state index in [0.29, 0.717) is 29.3 Å². The van der Waals surface area contributed by atoms with Crippen LogP contribution in [0, 0.1) is 6.92 Å². The Kier molecular flexibility index (Phi) is 5.57. The van der Waals surface area contributed by atoms with Crippen molar-refractivity contribution in [3.8, 4) is 17.0 Å². The molecular weight excluding hydrogens is 348 g/mol. The lowest BCUT2D eigenvalue weighted by molar-refractivity contribution is 0.0954. The Bertz CT molecular complexity index is 670. The SMILES string of the molecule is CCCCOc1ccc(Br)cc1-c1n[nH]c(C)c1C(=O)NN. The predicted octanol–water partition coefficient (Wildman–Crippen LogP) is 2.93. The normalized spacial score (nSPS) is 10.5. The third-order valence-electron chi connectivity index (χ3n) is 3.26. The molecule has 0 saturated heterocycles. The highest BCUT2D eigenvalue weighted by Crippen LogP contribution is 2.34. The van der Waals surface area contributed by atoms with E-state index in [-0.39, 0.29) is 5.91 Å². The average molecular weight is 367 g/mol. The van der Waals surface area contributed by atoms with E-state index < -0.39 is 0 Å². The number of aromatic amines is 1. The van der Waals surface area contributed by atoms with Crippen molar-refractivity contribution >= 4 is 21.8 Å². The molecule has 0 atom stereocenters. The highest BCUT2D eigenvalue weighted by atomic mass is 79.9. The van der Waals surface area contributed by atoms with Crippen LogP contribution in [0.15, 0.2) is 22.7 Å². The van der Waals surface area contributed by atoms with Crippen molar-refractivity contribution in [3.05, 3.63) is 33.9 Å². The third kappa shape index (κ3) is 3.48. The van der Waals surface area contributed by atoms with Gasteiger partial charge in [0.05, 0.1) is 12.2 Å². The van der Waals surface area contributed by atoms with Gasteiger partial charge in [0.1, 0.15) is 11.4 Å². The van der Waals surface area contributed by atoms with Crippen molar-refractivity contribution in [1.29, 1.82) is 0 Å². The van der Waals surface area contributed by atoms with E-state index in [9.17, 15) is 4.79 Å². The quantitative estimate of drug-likeness (QED) is 0.317. The summed E-state index contributed by atoms with van der Waals surface area (Å²) in [6, 6.07) is 5.64. The number of benzene rings is 1. The molecule has 0 bridgehead atoms. The molecule has 1 amide bonds. The molecule has 0 aliphatic rings. The van der Waals surface area contributed by atoms with Gasteiger partial charge in [-0.15, -0.1) is 0 Å². The summed E-state index contributed by atoms with van der Waals surface area (Å²) in [6.45, 7) is 4.50. The number of halogens is 1. The van der Waals surface area contributed by atoms with Crippen molar-refractivity contribution in [3.63, 3.8) is 0 Å². The molecule has 4 N–H and O–H groups in total. The van der Waals surface area contributed by atoms with E-state index >= 15 is 0 Å². The van der Waals surface area contributed by atoms with Crippen molar-refractivity contribution in [2.24, 2.45) is 5.84 Å². The topological polar surface area (TPSA) is 93.0 Å². The van der Waals surface area contributed by atoms with Crippen LogP contribution < -0.4 is 16.0 Å². The number of unbranched alkanes of at least 4 members (excludes halogenated alkanes) is 1. The maximum absolute atomic E-state index is 12.0. The number of nitrogens with zero attached hydrogens (tertiary/aromatic N) is 1. The maximum atomic E-state index is 12.0. The van der Waals surface area contributed by atoms with Crippen molar-refractivity contribution in [1.82, 2.24) is 15.6 Å². The van der Waals surface area contributed by atoms with E-state index in [4.69, 9.17) is 10.6 Å². The number of hydrazine groups is 1. The van der Waals surface area contributed by atoms with Crippen LogP contribution in [0.25, 0.3) is 11.3 Å². The fourth-order valence-electron chi connectivity index (χ4n) is 2.11. The molecule has 2 rings (SSSR count). The largest absolute Gasteiger partial charge is 0.493 e. The second-order valence-corrected chi connectivity index (χ2v) is 5.80. The molecule has 7 heteroatoms. The summed E-state index contributed by atoms with van der Waals surface area (Å²) in [6.07, 6.45) is 2.01. The van der Waals surface area contributed by atoms with Crippen molar-refractivity contribution < 1.29 is 9.53 Å². The second-order valence-electron chi connectivity index (χ2n) is 4.89. The molecule has 22 heavy (non-hydrogen) atoms. The number of nitrogens with one attached hydrogen (secondary N) is 2. The van der Waals surface area contributed by atoms with E-state index in [1.165, 1.54) is 0 Å². The minimum absolute atomic E-state index is 0.388. The lowest BCUT2D eigenvalue weighted by atomic mass is 10.0. The minimum Gasteiger partial charge on any atom is -0.493 e. The summed E-state index contributed by atoms with van der Waals surface area (Å²) < 4.78 is 6.71. The monoisotopic (exact) mass is 366 g/mol. The van der Waals surface area contributed by atoms with Gasteiger partial charge in [-0.1, -0.05) is 29.3 Å². The number of nitrogen functional groups attached to an aromatic ring is 1. The summed E-state index contributed by atoms with van der Waals surface area (Å²) in [7, 11) is 0. The molecule has 118 valence electrons. The molecule has 0 saturated carbocycles. The van der Waals surface area contributed by atoms with Crippen LogP contribution in [0.2, 0.25) is 0 Å². The Morgan fingerprint density at radius 2 is 2.27 bits per heavy atom. The Labute approximate surface area is 137 Å². The molecule has 0 aliphatic heterocycles. The van der Waals surface area contributed by atoms with E-state index in [1.54, 1.807) is 6.92 Å². The van der Waals surface area contributed by atoms with Gasteiger partial charge in [-0.2, -0.15) is 5.10 Å². The lowest BCUT2D eigenvalue weighted by Gasteiger charge is -2.11. The number of aromatic nitrogens is 2. The number of hydrogen-bond donors (Lipinski definition) is 3. The van der Waals surface area contributed by atoms with Crippen molar-refractivity contribution in [2.45, 2.75) is 26.7 Å². The van der Waals surface area contributed by atoms with E-state index in [0.717, 1.165) is 22.9 Å². The van der Waals surface area contributed by atoms with Crippen LogP contribution >= 0.6 is 15.9 Å². The molecular formula is C15H19BrN4O2. The number of amides is 1. The zero-order valence-corrected chi connectivity index (χ0v) is 14.2. The van der Waals surface area contributed by atoms with Gasteiger partial charge in [-0.3, -0.25) is 15.3 Å². The molecule has 2 aromatic rings. The van der Waals surface area contributed by atoms with Gasteiger partial charge in [-0.25, -0.2) is 5.84 Å². The number of rotatable bonds is 6. The first-order valence-corrected chi connectivity index (χ1v) is 7.86. The van der Waals surface area contributed by atoms with E-state index in [1.807, 2.05) is 18.2 Å². The first kappa shape index (κ1) is 16.5. The van der Waals surface area contributed by atoms with Gasteiger partial charge in [0.25, 0.3) is 5.91 Å². The Morgan fingerprint density at radius 3 is 2.95 bits per heavy atom. The van der Waals surface area contributed by atoms with Gasteiger partial charge >= 0.3 is 0 Å². The summed E-state index contributed by atoms with van der Waals surface area (Å²) in [5.74, 6) is 5.56. The van der Waals surface area contributed by atoms with Crippen LogP contribution in [0.1, 0.15) is 35.8 Å². The number of carbonyl (C=O) groups is 1. The predicted molar refractivity (Wildman–Crippen MR) is 88.5 cm³/mol. The standard InChI is InChI=1S/C15H19BrN4O2/c1-3-4-7-22-12-6-5-10(16)8-11(12)14-13(15(21)18-17)9(2)19-20-14/h5-6,8H,3-4,7,17H2,1-2H3,(H,18,21)(H,19,20). The number of H-pyrrole nitrogens is 1. The number of nitrogens with two attached hydrogens (primary N) is 1. The minimum atomic E-state index is -0.388. The average Bonchev–Trinajstić information content (AvgIpc) is 2.89. The molecule has 1 aromatic carbocycles. The molecule has 0 unspecified atom stereocenters. The smallest absolute Gasteiger partial charge is 0.269 e. The summed E-state index contributed by atoms with van der Waals surface area (Å²) >= 11 is 3.44.